The molecule has 11 heteroatoms. The minimum atomic E-state index is -0.698. The minimum Gasteiger partial charge on any atom is -0.459 e. The summed E-state index contributed by atoms with van der Waals surface area (Å²) < 4.78 is 31.9. The Bertz CT molecular complexity index is 1480. The normalized spacial score (nSPS) is 21.8. The third-order valence-electron chi connectivity index (χ3n) is 8.40. The summed E-state index contributed by atoms with van der Waals surface area (Å²) in [4.78, 5) is 26.4. The van der Waals surface area contributed by atoms with Crippen molar-refractivity contribution in [1.29, 1.82) is 5.26 Å². The van der Waals surface area contributed by atoms with Crippen LogP contribution in [0.25, 0.3) is 0 Å². The second kappa shape index (κ2) is 20.3. The number of esters is 2. The molecular weight excluding hydrogens is 672 g/mol. The Kier molecular flexibility index (Phi) is 16.0. The van der Waals surface area contributed by atoms with E-state index in [1.165, 1.54) is 0 Å². The van der Waals surface area contributed by atoms with Crippen molar-refractivity contribution in [1.82, 2.24) is 16.0 Å². The van der Waals surface area contributed by atoms with E-state index in [-0.39, 0.29) is 39.3 Å². The van der Waals surface area contributed by atoms with E-state index in [9.17, 15) is 14.9 Å². The first-order chi connectivity index (χ1) is 25.3. The van der Waals surface area contributed by atoms with E-state index < -0.39 is 59.6 Å². The summed E-state index contributed by atoms with van der Waals surface area (Å²) in [5.74, 6) is -0.869. The topological polar surface area (TPSA) is 140 Å². The van der Waals surface area contributed by atoms with E-state index in [2.05, 4.69) is 22.0 Å². The third-order valence-corrected chi connectivity index (χ3v) is 8.40. The molecule has 1 aliphatic rings. The highest BCUT2D eigenvalue weighted by atomic mass is 16.6. The fourth-order valence-electron chi connectivity index (χ4n) is 6.30. The largest absolute Gasteiger partial charge is 0.459 e. The van der Waals surface area contributed by atoms with E-state index in [1.54, 1.807) is 0 Å². The van der Waals surface area contributed by atoms with Crippen LogP contribution in [0, 0.1) is 11.3 Å². The minimum absolute atomic E-state index is 0.127. The number of ether oxygens (including phenoxy) is 5. The Balaban J connectivity index is 1.80. The SMILES string of the molecule is CC(C)(C)OC(=O)CNC1C(OCc2ccccc2)C(NCCC#N)C(OCc2ccccc2)C(NCC(=O)OC(C)(C)C)C1OCc1ccccc1. The van der Waals surface area contributed by atoms with Crippen LogP contribution >= 0.6 is 0 Å². The molecule has 3 N–H and O–H groups in total. The lowest BCUT2D eigenvalue weighted by molar-refractivity contribution is -0.170. The second-order valence-corrected chi connectivity index (χ2v) is 15.2. The third kappa shape index (κ3) is 14.3. The first-order valence-corrected chi connectivity index (χ1v) is 18.3. The van der Waals surface area contributed by atoms with E-state index in [0.29, 0.717) is 6.54 Å². The van der Waals surface area contributed by atoms with Gasteiger partial charge in [0.2, 0.25) is 0 Å². The van der Waals surface area contributed by atoms with Crippen LogP contribution in [0.5, 0.6) is 0 Å². The van der Waals surface area contributed by atoms with Gasteiger partial charge in [0.25, 0.3) is 0 Å². The molecule has 0 aliphatic heterocycles. The Labute approximate surface area is 314 Å². The molecule has 0 radical (unpaired) electrons. The average Bonchev–Trinajstić information content (AvgIpc) is 3.11. The summed E-state index contributed by atoms with van der Waals surface area (Å²) in [7, 11) is 0. The van der Waals surface area contributed by atoms with Gasteiger partial charge in [-0.3, -0.25) is 20.2 Å². The summed E-state index contributed by atoms with van der Waals surface area (Å²) in [6.07, 6.45) is -1.74. The summed E-state index contributed by atoms with van der Waals surface area (Å²) in [6, 6.07) is 29.9. The quantitative estimate of drug-likeness (QED) is 0.117. The zero-order valence-electron chi connectivity index (χ0n) is 31.9. The van der Waals surface area contributed by atoms with Crippen molar-refractivity contribution >= 4 is 11.9 Å². The van der Waals surface area contributed by atoms with Gasteiger partial charge >= 0.3 is 11.9 Å². The van der Waals surface area contributed by atoms with Gasteiger partial charge in [0.05, 0.1) is 75.4 Å². The van der Waals surface area contributed by atoms with E-state index in [1.807, 2.05) is 133 Å². The predicted octanol–water partition coefficient (Wildman–Crippen LogP) is 5.23. The lowest BCUT2D eigenvalue weighted by atomic mass is 9.78. The Hall–Kier alpha value is -4.15. The van der Waals surface area contributed by atoms with Crippen LogP contribution < -0.4 is 16.0 Å². The van der Waals surface area contributed by atoms with Crippen LogP contribution in [-0.4, -0.2) is 79.2 Å². The van der Waals surface area contributed by atoms with Crippen LogP contribution in [0.2, 0.25) is 0 Å². The van der Waals surface area contributed by atoms with Crippen molar-refractivity contribution in [2.75, 3.05) is 19.6 Å². The number of hydrogen-bond donors (Lipinski definition) is 3. The molecule has 0 heterocycles. The first kappa shape index (κ1) is 41.6. The molecule has 1 saturated carbocycles. The van der Waals surface area contributed by atoms with Crippen molar-refractivity contribution in [3.63, 3.8) is 0 Å². The molecule has 11 nitrogen and oxygen atoms in total. The highest BCUT2D eigenvalue weighted by Gasteiger charge is 2.53. The van der Waals surface area contributed by atoms with Crippen molar-refractivity contribution in [2.45, 2.75) is 115 Å². The molecular formula is C42H56N4O7. The summed E-state index contributed by atoms with van der Waals surface area (Å²) >= 11 is 0. The molecule has 3 aromatic rings. The van der Waals surface area contributed by atoms with Gasteiger partial charge in [-0.15, -0.1) is 0 Å². The number of benzene rings is 3. The number of rotatable bonds is 18. The molecule has 53 heavy (non-hydrogen) atoms. The van der Waals surface area contributed by atoms with E-state index in [4.69, 9.17) is 23.7 Å². The maximum Gasteiger partial charge on any atom is 0.320 e. The molecule has 1 aliphatic carbocycles. The van der Waals surface area contributed by atoms with Crippen molar-refractivity contribution < 1.29 is 33.3 Å². The standard InChI is InChI=1S/C42H56N4O7/c1-41(2,3)52-33(47)25-45-36-38(49-27-30-17-10-7-11-18-30)35(44-24-16-23-43)39(50-28-31-19-12-8-13-20-31)37(46-26-34(48)53-42(4,5)6)40(36)51-29-32-21-14-9-15-22-32/h7-15,17-22,35-40,44-46H,16,24-29H2,1-6H3. The zero-order valence-corrected chi connectivity index (χ0v) is 31.9. The predicted molar refractivity (Wildman–Crippen MR) is 202 cm³/mol. The van der Waals surface area contributed by atoms with Crippen molar-refractivity contribution in [3.05, 3.63) is 108 Å². The van der Waals surface area contributed by atoms with Crippen molar-refractivity contribution in [2.24, 2.45) is 0 Å². The second-order valence-electron chi connectivity index (χ2n) is 15.2. The first-order valence-electron chi connectivity index (χ1n) is 18.3. The molecule has 0 aromatic heterocycles. The fourth-order valence-corrected chi connectivity index (χ4v) is 6.30. The maximum absolute atomic E-state index is 13.2. The molecule has 4 rings (SSSR count). The Morgan fingerprint density at radius 2 is 0.887 bits per heavy atom. The van der Waals surface area contributed by atoms with Gasteiger partial charge < -0.3 is 29.0 Å². The average molecular weight is 729 g/mol. The lowest BCUT2D eigenvalue weighted by Crippen LogP contribution is -2.75. The molecule has 0 spiro atoms. The molecule has 4 unspecified atom stereocenters. The molecule has 3 aromatic carbocycles. The van der Waals surface area contributed by atoms with Crippen LogP contribution in [0.1, 0.15) is 64.7 Å². The zero-order chi connectivity index (χ0) is 38.3. The summed E-state index contributed by atoms with van der Waals surface area (Å²) in [6.45, 7) is 11.8. The molecule has 0 amide bonds. The lowest BCUT2D eigenvalue weighted by Gasteiger charge is -2.51. The van der Waals surface area contributed by atoms with Crippen LogP contribution in [0.3, 0.4) is 0 Å². The number of hydrogen-bond acceptors (Lipinski definition) is 11. The van der Waals surface area contributed by atoms with Gasteiger partial charge in [0.1, 0.15) is 11.2 Å². The number of carbonyl (C=O) groups excluding carboxylic acids is 2. The Morgan fingerprint density at radius 1 is 0.566 bits per heavy atom. The molecule has 0 saturated heterocycles. The van der Waals surface area contributed by atoms with Gasteiger partial charge in [-0.2, -0.15) is 5.26 Å². The van der Waals surface area contributed by atoms with Gasteiger partial charge in [-0.05, 0) is 58.2 Å². The van der Waals surface area contributed by atoms with Gasteiger partial charge in [0.15, 0.2) is 0 Å². The molecule has 1 fully saturated rings. The molecule has 286 valence electrons. The fraction of sp³-hybridized carbons (Fsp3) is 0.500. The molecule has 0 bridgehead atoms. The van der Waals surface area contributed by atoms with Crippen LogP contribution in [0.4, 0.5) is 0 Å². The maximum atomic E-state index is 13.2. The van der Waals surface area contributed by atoms with Crippen LogP contribution in [-0.2, 0) is 53.1 Å². The highest BCUT2D eigenvalue weighted by molar-refractivity contribution is 5.72. The van der Waals surface area contributed by atoms with Gasteiger partial charge in [-0.25, -0.2) is 0 Å². The van der Waals surface area contributed by atoms with E-state index in [0.717, 1.165) is 16.7 Å². The summed E-state index contributed by atoms with van der Waals surface area (Å²) in [5.41, 5.74) is 1.49. The van der Waals surface area contributed by atoms with E-state index >= 15 is 0 Å². The summed E-state index contributed by atoms with van der Waals surface area (Å²) in [5, 5.41) is 20.0. The number of nitrogens with one attached hydrogen (secondary N) is 3. The highest BCUT2D eigenvalue weighted by Crippen LogP contribution is 2.31. The monoisotopic (exact) mass is 728 g/mol. The van der Waals surface area contributed by atoms with Crippen LogP contribution in [0.15, 0.2) is 91.0 Å². The number of carbonyl (C=O) groups is 2. The number of nitriles is 1. The Morgan fingerprint density at radius 3 is 1.19 bits per heavy atom. The van der Waals surface area contributed by atoms with Gasteiger partial charge in [-0.1, -0.05) is 91.0 Å². The molecule has 4 atom stereocenters. The van der Waals surface area contributed by atoms with Gasteiger partial charge in [0, 0.05) is 13.0 Å². The van der Waals surface area contributed by atoms with Crippen molar-refractivity contribution in [3.8, 4) is 6.07 Å². The smallest absolute Gasteiger partial charge is 0.320 e. The number of nitrogens with zero attached hydrogens (tertiary/aromatic N) is 1.